The van der Waals surface area contributed by atoms with Crippen LogP contribution >= 0.6 is 0 Å². The van der Waals surface area contributed by atoms with E-state index in [1.165, 1.54) is 0 Å². The van der Waals surface area contributed by atoms with Crippen molar-refractivity contribution < 1.29 is 9.84 Å². The molecule has 0 spiro atoms. The van der Waals surface area contributed by atoms with Gasteiger partial charge in [-0.3, -0.25) is 4.90 Å². The molecule has 2 aromatic rings. The van der Waals surface area contributed by atoms with Gasteiger partial charge < -0.3 is 14.7 Å². The number of piperidine rings is 1. The average molecular weight is 372 g/mol. The maximum Gasteiger partial charge on any atom is 0.250 e. The molecule has 1 aromatic carbocycles. The highest BCUT2D eigenvalue weighted by molar-refractivity contribution is 5.41. The highest BCUT2D eigenvalue weighted by Crippen LogP contribution is 2.40. The van der Waals surface area contributed by atoms with Gasteiger partial charge in [-0.15, -0.1) is 0 Å². The number of nitrogens with zero attached hydrogens (tertiary/aromatic N) is 6. The lowest BCUT2D eigenvalue weighted by Crippen LogP contribution is -2.63. The molecule has 2 aliphatic heterocycles. The van der Waals surface area contributed by atoms with Crippen LogP contribution in [-0.4, -0.2) is 81.8 Å². The number of anilines is 1. The fourth-order valence-corrected chi connectivity index (χ4v) is 4.07. The molecule has 2 aliphatic rings. The standard InChI is InChI=1S/C19H28N6O2/c1-18(2)14-24(9-8-19(18,26)15-23-10-12-27-13-11-23)17-20-21-22-25(17)16-6-4-3-5-7-16/h3-7,26H,8-15H2,1-2H3. The number of ether oxygens (including phenoxy) is 1. The number of morpholine rings is 1. The SMILES string of the molecule is CC1(C)CN(c2nnnn2-c2ccccc2)CCC1(O)CN1CCOCC1. The van der Waals surface area contributed by atoms with Gasteiger partial charge in [0.15, 0.2) is 0 Å². The Morgan fingerprint density at radius 3 is 2.56 bits per heavy atom. The molecule has 0 aliphatic carbocycles. The van der Waals surface area contributed by atoms with Gasteiger partial charge in [0.25, 0.3) is 0 Å². The van der Waals surface area contributed by atoms with E-state index in [2.05, 4.69) is 39.2 Å². The van der Waals surface area contributed by atoms with E-state index in [9.17, 15) is 5.11 Å². The van der Waals surface area contributed by atoms with Gasteiger partial charge in [-0.25, -0.2) is 0 Å². The van der Waals surface area contributed by atoms with E-state index in [0.29, 0.717) is 19.5 Å². The third-order valence-electron chi connectivity index (χ3n) is 5.97. The van der Waals surface area contributed by atoms with Gasteiger partial charge in [-0.05, 0) is 29.0 Å². The van der Waals surface area contributed by atoms with Crippen molar-refractivity contribution in [2.45, 2.75) is 25.9 Å². The third-order valence-corrected chi connectivity index (χ3v) is 5.97. The van der Waals surface area contributed by atoms with Crippen molar-refractivity contribution >= 4 is 5.95 Å². The summed E-state index contributed by atoms with van der Waals surface area (Å²) in [5.74, 6) is 0.725. The Hall–Kier alpha value is -2.03. The van der Waals surface area contributed by atoms with Crippen LogP contribution in [0, 0.1) is 5.41 Å². The number of aromatic nitrogens is 4. The quantitative estimate of drug-likeness (QED) is 0.856. The normalized spacial score (nSPS) is 26.3. The molecule has 146 valence electrons. The zero-order valence-electron chi connectivity index (χ0n) is 16.1. The molecule has 1 unspecified atom stereocenters. The highest BCUT2D eigenvalue weighted by atomic mass is 16.5. The minimum atomic E-state index is -0.744. The van der Waals surface area contributed by atoms with Crippen molar-refractivity contribution in [3.63, 3.8) is 0 Å². The summed E-state index contributed by atoms with van der Waals surface area (Å²) in [5, 5.41) is 23.8. The predicted octanol–water partition coefficient (Wildman–Crippen LogP) is 0.962. The monoisotopic (exact) mass is 372 g/mol. The van der Waals surface area contributed by atoms with Crippen LogP contribution in [0.25, 0.3) is 5.69 Å². The van der Waals surface area contributed by atoms with Crippen LogP contribution in [0.2, 0.25) is 0 Å². The van der Waals surface area contributed by atoms with Crippen LogP contribution < -0.4 is 4.90 Å². The number of benzene rings is 1. The summed E-state index contributed by atoms with van der Waals surface area (Å²) < 4.78 is 7.20. The van der Waals surface area contributed by atoms with Crippen LogP contribution in [0.3, 0.4) is 0 Å². The van der Waals surface area contributed by atoms with Crippen molar-refractivity contribution in [2.24, 2.45) is 5.41 Å². The van der Waals surface area contributed by atoms with Crippen LogP contribution in [0.15, 0.2) is 30.3 Å². The maximum absolute atomic E-state index is 11.5. The van der Waals surface area contributed by atoms with Crippen molar-refractivity contribution in [3.8, 4) is 5.69 Å². The number of hydrogen-bond donors (Lipinski definition) is 1. The molecule has 2 fully saturated rings. The van der Waals surface area contributed by atoms with Gasteiger partial charge in [-0.2, -0.15) is 4.68 Å². The second-order valence-electron chi connectivity index (χ2n) is 8.20. The van der Waals surface area contributed by atoms with Crippen molar-refractivity contribution in [3.05, 3.63) is 30.3 Å². The molecule has 3 heterocycles. The maximum atomic E-state index is 11.5. The van der Waals surface area contributed by atoms with Crippen molar-refractivity contribution in [2.75, 3.05) is 50.8 Å². The lowest BCUT2D eigenvalue weighted by molar-refractivity contribution is -0.111. The molecule has 1 atom stereocenters. The number of aliphatic hydroxyl groups is 1. The third kappa shape index (κ3) is 3.56. The van der Waals surface area contributed by atoms with Crippen LogP contribution in [0.4, 0.5) is 5.95 Å². The predicted molar refractivity (Wildman–Crippen MR) is 102 cm³/mol. The summed E-state index contributed by atoms with van der Waals surface area (Å²) in [6, 6.07) is 9.90. The Bertz CT molecular complexity index is 759. The van der Waals surface area contributed by atoms with E-state index in [1.54, 1.807) is 4.68 Å². The summed E-state index contributed by atoms with van der Waals surface area (Å²) in [6.07, 6.45) is 0.680. The largest absolute Gasteiger partial charge is 0.388 e. The Morgan fingerprint density at radius 2 is 1.85 bits per heavy atom. The van der Waals surface area contributed by atoms with Crippen LogP contribution in [0.1, 0.15) is 20.3 Å². The molecule has 0 bridgehead atoms. The number of tetrazole rings is 1. The van der Waals surface area contributed by atoms with E-state index in [4.69, 9.17) is 4.74 Å². The fourth-order valence-electron chi connectivity index (χ4n) is 4.07. The van der Waals surface area contributed by atoms with E-state index >= 15 is 0 Å². The molecule has 0 radical (unpaired) electrons. The first-order valence-electron chi connectivity index (χ1n) is 9.60. The van der Waals surface area contributed by atoms with Gasteiger partial charge in [0.05, 0.1) is 24.5 Å². The summed E-state index contributed by atoms with van der Waals surface area (Å²) in [5.41, 5.74) is -0.104. The molecule has 27 heavy (non-hydrogen) atoms. The number of rotatable bonds is 4. The van der Waals surface area contributed by atoms with Crippen molar-refractivity contribution in [1.82, 2.24) is 25.1 Å². The number of hydrogen-bond acceptors (Lipinski definition) is 7. The smallest absolute Gasteiger partial charge is 0.250 e. The fraction of sp³-hybridized carbons (Fsp3) is 0.632. The first kappa shape index (κ1) is 18.3. The number of para-hydroxylation sites is 1. The Kier molecular flexibility index (Phi) is 4.88. The van der Waals surface area contributed by atoms with Gasteiger partial charge >= 0.3 is 0 Å². The lowest BCUT2D eigenvalue weighted by Gasteiger charge is -2.52. The Labute approximate surface area is 159 Å². The molecule has 8 heteroatoms. The first-order chi connectivity index (χ1) is 13.0. The van der Waals surface area contributed by atoms with Gasteiger partial charge in [0.1, 0.15) is 0 Å². The summed E-state index contributed by atoms with van der Waals surface area (Å²) in [4.78, 5) is 4.50. The Morgan fingerprint density at radius 1 is 1.11 bits per heavy atom. The Balaban J connectivity index is 1.52. The second-order valence-corrected chi connectivity index (χ2v) is 8.20. The van der Waals surface area contributed by atoms with Gasteiger partial charge in [-0.1, -0.05) is 37.1 Å². The molecule has 4 rings (SSSR count). The molecule has 1 aromatic heterocycles. The zero-order valence-corrected chi connectivity index (χ0v) is 16.1. The minimum absolute atomic E-state index is 0.295. The van der Waals surface area contributed by atoms with E-state index in [-0.39, 0.29) is 5.41 Å². The topological polar surface area (TPSA) is 79.5 Å². The van der Waals surface area contributed by atoms with E-state index in [0.717, 1.165) is 44.5 Å². The number of β-amino-alcohol motifs (C(OH)–C–C–N with tert-alkyl or cyclic N) is 1. The van der Waals surface area contributed by atoms with Crippen molar-refractivity contribution in [1.29, 1.82) is 0 Å². The second kappa shape index (κ2) is 7.18. The summed E-state index contributed by atoms with van der Waals surface area (Å²) in [7, 11) is 0. The lowest BCUT2D eigenvalue weighted by atomic mass is 9.69. The molecule has 0 saturated carbocycles. The zero-order chi connectivity index (χ0) is 18.9. The molecule has 8 nitrogen and oxygen atoms in total. The minimum Gasteiger partial charge on any atom is -0.388 e. The summed E-state index contributed by atoms with van der Waals surface area (Å²) >= 11 is 0. The molecule has 1 N–H and O–H groups in total. The van der Waals surface area contributed by atoms with Crippen LogP contribution in [-0.2, 0) is 4.74 Å². The highest BCUT2D eigenvalue weighted by Gasteiger charge is 2.49. The molecular weight excluding hydrogens is 344 g/mol. The molecule has 0 amide bonds. The van der Waals surface area contributed by atoms with E-state index in [1.807, 2.05) is 30.3 Å². The molecule has 2 saturated heterocycles. The van der Waals surface area contributed by atoms with Crippen LogP contribution in [0.5, 0.6) is 0 Å². The first-order valence-corrected chi connectivity index (χ1v) is 9.60. The average Bonchev–Trinajstić information content (AvgIpc) is 3.15. The molecular formula is C19H28N6O2. The van der Waals surface area contributed by atoms with E-state index < -0.39 is 5.60 Å². The van der Waals surface area contributed by atoms with Gasteiger partial charge in [0, 0.05) is 38.1 Å². The van der Waals surface area contributed by atoms with Gasteiger partial charge in [0.2, 0.25) is 5.95 Å². The summed E-state index contributed by atoms with van der Waals surface area (Å²) in [6.45, 7) is 9.62.